The molecular formula is C10H26NP. The third kappa shape index (κ3) is 8.49. The van der Waals surface area contributed by atoms with Crippen molar-refractivity contribution in [3.63, 3.8) is 0 Å². The third-order valence-corrected chi connectivity index (χ3v) is 3.65. The molecule has 0 amide bonds. The summed E-state index contributed by atoms with van der Waals surface area (Å²) in [5, 5.41) is 0. The van der Waals surface area contributed by atoms with Crippen LogP contribution in [-0.2, 0) is 0 Å². The zero-order valence-corrected chi connectivity index (χ0v) is 10.6. The fourth-order valence-electron chi connectivity index (χ4n) is 0.906. The van der Waals surface area contributed by atoms with Crippen molar-refractivity contribution in [3.05, 3.63) is 0 Å². The molecule has 0 atom stereocenters. The Bertz CT molecular complexity index is 58.2. The molecule has 1 aliphatic heterocycles. The van der Waals surface area contributed by atoms with Crippen LogP contribution in [0.2, 0.25) is 0 Å². The summed E-state index contributed by atoms with van der Waals surface area (Å²) in [6.45, 7) is 13.1. The SMILES string of the molecule is CC.CC.CN1CCP(C)CC1. The smallest absolute Gasteiger partial charge is 0.00177 e. The number of hydrogen-bond donors (Lipinski definition) is 0. The molecule has 0 saturated carbocycles. The van der Waals surface area contributed by atoms with Crippen LogP contribution in [0.5, 0.6) is 0 Å². The van der Waals surface area contributed by atoms with Gasteiger partial charge in [0, 0.05) is 13.1 Å². The highest BCUT2D eigenvalue weighted by molar-refractivity contribution is 7.56. The van der Waals surface area contributed by atoms with Crippen molar-refractivity contribution in [2.45, 2.75) is 27.7 Å². The van der Waals surface area contributed by atoms with Gasteiger partial charge < -0.3 is 4.90 Å². The number of hydrogen-bond acceptors (Lipinski definition) is 1. The van der Waals surface area contributed by atoms with Crippen LogP contribution in [0.3, 0.4) is 0 Å². The van der Waals surface area contributed by atoms with Crippen molar-refractivity contribution in [2.24, 2.45) is 0 Å². The summed E-state index contributed by atoms with van der Waals surface area (Å²) in [5.74, 6) is 0. The maximum Gasteiger partial charge on any atom is 0.00177 e. The Balaban J connectivity index is 0. The summed E-state index contributed by atoms with van der Waals surface area (Å²) in [4.78, 5) is 2.42. The molecule has 0 N–H and O–H groups in total. The maximum atomic E-state index is 2.42. The maximum absolute atomic E-state index is 2.42. The van der Waals surface area contributed by atoms with Crippen LogP contribution >= 0.6 is 7.92 Å². The lowest BCUT2D eigenvalue weighted by atomic mass is 10.6. The lowest BCUT2D eigenvalue weighted by molar-refractivity contribution is 0.368. The quantitative estimate of drug-likeness (QED) is 0.532. The third-order valence-electron chi connectivity index (χ3n) is 1.73. The first-order valence-electron chi connectivity index (χ1n) is 5.16. The largest absolute Gasteiger partial charge is 0.306 e. The van der Waals surface area contributed by atoms with E-state index in [4.69, 9.17) is 0 Å². The van der Waals surface area contributed by atoms with Gasteiger partial charge in [-0.3, -0.25) is 0 Å². The molecule has 1 saturated heterocycles. The molecular weight excluding hydrogens is 165 g/mol. The van der Waals surface area contributed by atoms with E-state index in [1.54, 1.807) is 0 Å². The molecule has 2 heteroatoms. The van der Waals surface area contributed by atoms with Crippen LogP contribution in [0.1, 0.15) is 27.7 Å². The van der Waals surface area contributed by atoms with E-state index in [1.807, 2.05) is 27.7 Å². The predicted molar refractivity (Wildman–Crippen MR) is 62.8 cm³/mol. The lowest BCUT2D eigenvalue weighted by Gasteiger charge is -2.26. The molecule has 76 valence electrons. The summed E-state index contributed by atoms with van der Waals surface area (Å²) in [7, 11) is 2.65. The molecule has 0 aromatic carbocycles. The highest BCUT2D eigenvalue weighted by Gasteiger charge is 2.10. The summed E-state index contributed by atoms with van der Waals surface area (Å²) in [6, 6.07) is 0. The van der Waals surface area contributed by atoms with Crippen molar-refractivity contribution >= 4 is 7.92 Å². The minimum Gasteiger partial charge on any atom is -0.306 e. The van der Waals surface area contributed by atoms with E-state index >= 15 is 0 Å². The highest BCUT2D eigenvalue weighted by Crippen LogP contribution is 2.32. The van der Waals surface area contributed by atoms with Crippen LogP contribution < -0.4 is 0 Å². The first kappa shape index (κ1) is 14.9. The Morgan fingerprint density at radius 2 is 1.25 bits per heavy atom. The summed E-state index contributed by atoms with van der Waals surface area (Å²) in [6.07, 6.45) is 2.93. The summed E-state index contributed by atoms with van der Waals surface area (Å²) < 4.78 is 0. The van der Waals surface area contributed by atoms with Gasteiger partial charge in [-0.05, 0) is 26.0 Å². The van der Waals surface area contributed by atoms with Crippen molar-refractivity contribution in [1.82, 2.24) is 4.90 Å². The van der Waals surface area contributed by atoms with Gasteiger partial charge >= 0.3 is 0 Å². The Morgan fingerprint density at radius 3 is 1.50 bits per heavy atom. The van der Waals surface area contributed by atoms with Crippen molar-refractivity contribution < 1.29 is 0 Å². The van der Waals surface area contributed by atoms with Gasteiger partial charge in [-0.25, -0.2) is 0 Å². The highest BCUT2D eigenvalue weighted by atomic mass is 31.1. The van der Waals surface area contributed by atoms with Gasteiger partial charge in [0.05, 0.1) is 0 Å². The molecule has 1 aliphatic rings. The standard InChI is InChI=1S/C6H14NP.2C2H6/c1-7-3-5-8(2)6-4-7;2*1-2/h3-6H2,1-2H3;2*1-2H3. The normalized spacial score (nSPS) is 18.5. The topological polar surface area (TPSA) is 3.24 Å². The van der Waals surface area contributed by atoms with Crippen molar-refractivity contribution in [3.8, 4) is 0 Å². The molecule has 0 unspecified atom stereocenters. The zero-order chi connectivity index (χ0) is 9.98. The van der Waals surface area contributed by atoms with Crippen molar-refractivity contribution in [1.29, 1.82) is 0 Å². The Hall–Kier alpha value is 0.390. The van der Waals surface area contributed by atoms with Gasteiger partial charge in [0.2, 0.25) is 0 Å². The first-order valence-corrected chi connectivity index (χ1v) is 7.32. The average molecular weight is 191 g/mol. The second-order valence-electron chi connectivity index (χ2n) is 2.61. The minimum absolute atomic E-state index is 0.440. The van der Waals surface area contributed by atoms with Gasteiger partial charge in [0.1, 0.15) is 0 Å². The van der Waals surface area contributed by atoms with Gasteiger partial charge in [-0.1, -0.05) is 27.7 Å². The summed E-state index contributed by atoms with van der Waals surface area (Å²) >= 11 is 0. The fraction of sp³-hybridized carbons (Fsp3) is 1.00. The van der Waals surface area contributed by atoms with Crippen molar-refractivity contribution in [2.75, 3.05) is 39.1 Å². The molecule has 0 bridgehead atoms. The fourth-order valence-corrected chi connectivity index (χ4v) is 2.50. The van der Waals surface area contributed by atoms with Gasteiger partial charge in [-0.2, -0.15) is 0 Å². The lowest BCUT2D eigenvalue weighted by Crippen LogP contribution is -2.29. The zero-order valence-electron chi connectivity index (χ0n) is 9.72. The molecule has 1 heterocycles. The predicted octanol–water partition coefficient (Wildman–Crippen LogP) is 3.10. The molecule has 12 heavy (non-hydrogen) atoms. The van der Waals surface area contributed by atoms with Crippen LogP contribution in [0.25, 0.3) is 0 Å². The van der Waals surface area contributed by atoms with Crippen LogP contribution in [0, 0.1) is 0 Å². The molecule has 1 fully saturated rings. The number of nitrogens with zero attached hydrogens (tertiary/aromatic N) is 1. The van der Waals surface area contributed by atoms with Crippen LogP contribution in [-0.4, -0.2) is 44.0 Å². The summed E-state index contributed by atoms with van der Waals surface area (Å²) in [5.41, 5.74) is 0. The van der Waals surface area contributed by atoms with E-state index in [-0.39, 0.29) is 0 Å². The molecule has 0 radical (unpaired) electrons. The van der Waals surface area contributed by atoms with E-state index in [2.05, 4.69) is 18.6 Å². The molecule has 0 spiro atoms. The second kappa shape index (κ2) is 11.4. The number of rotatable bonds is 0. The molecule has 1 rings (SSSR count). The van der Waals surface area contributed by atoms with Crippen LogP contribution in [0.15, 0.2) is 0 Å². The average Bonchev–Trinajstić information content (AvgIpc) is 2.17. The molecule has 0 aromatic heterocycles. The molecule has 0 aromatic rings. The van der Waals surface area contributed by atoms with E-state index in [0.29, 0.717) is 7.92 Å². The molecule has 1 nitrogen and oxygen atoms in total. The van der Waals surface area contributed by atoms with Gasteiger partial charge in [0.15, 0.2) is 0 Å². The Kier molecular flexibility index (Phi) is 14.1. The second-order valence-corrected chi connectivity index (χ2v) is 5.21. The molecule has 0 aliphatic carbocycles. The van der Waals surface area contributed by atoms with E-state index in [1.165, 1.54) is 25.4 Å². The van der Waals surface area contributed by atoms with Crippen LogP contribution in [0.4, 0.5) is 0 Å². The monoisotopic (exact) mass is 191 g/mol. The van der Waals surface area contributed by atoms with Gasteiger partial charge in [-0.15, -0.1) is 7.92 Å². The first-order chi connectivity index (χ1) is 5.79. The minimum atomic E-state index is 0.440. The van der Waals surface area contributed by atoms with Gasteiger partial charge in [0.25, 0.3) is 0 Å². The Labute approximate surface area is 80.3 Å². The Morgan fingerprint density at radius 1 is 0.917 bits per heavy atom. The van der Waals surface area contributed by atoms with E-state index in [0.717, 1.165) is 0 Å². The van der Waals surface area contributed by atoms with E-state index in [9.17, 15) is 0 Å². The van der Waals surface area contributed by atoms with E-state index < -0.39 is 0 Å².